The van der Waals surface area contributed by atoms with Gasteiger partial charge in [0.05, 0.1) is 5.69 Å². The minimum Gasteiger partial charge on any atom is -0.487 e. The van der Waals surface area contributed by atoms with Crippen LogP contribution in [0.15, 0.2) is 48.5 Å². The molecule has 0 aliphatic carbocycles. The van der Waals surface area contributed by atoms with E-state index in [1.54, 1.807) is 7.11 Å². The summed E-state index contributed by atoms with van der Waals surface area (Å²) in [5.74, 6) is 0.741. The summed E-state index contributed by atoms with van der Waals surface area (Å²) in [4.78, 5) is 0. The zero-order chi connectivity index (χ0) is 16.3. The van der Waals surface area contributed by atoms with Gasteiger partial charge < -0.3 is 20.5 Å². The standard InChI is InChI=1S/C19H26N2O2/c1-22-13-5-11-21-12-10-16-8-9-19(18(20)14-16)23-15-17-6-3-2-4-7-17/h2-4,6-9,14,21H,5,10-13,15,20H2,1H3. The summed E-state index contributed by atoms with van der Waals surface area (Å²) >= 11 is 0. The molecule has 2 rings (SSSR count). The summed E-state index contributed by atoms with van der Waals surface area (Å²) in [6.45, 7) is 3.24. The molecule has 0 aromatic heterocycles. The first kappa shape index (κ1) is 17.3. The van der Waals surface area contributed by atoms with Gasteiger partial charge in [0.2, 0.25) is 0 Å². The summed E-state index contributed by atoms with van der Waals surface area (Å²) in [7, 11) is 1.73. The number of hydrogen-bond donors (Lipinski definition) is 2. The first-order valence-electron chi connectivity index (χ1n) is 8.04. The smallest absolute Gasteiger partial charge is 0.142 e. The number of benzene rings is 2. The van der Waals surface area contributed by atoms with Crippen LogP contribution in [0.5, 0.6) is 5.75 Å². The second kappa shape index (κ2) is 9.87. The van der Waals surface area contributed by atoms with E-state index in [9.17, 15) is 0 Å². The fourth-order valence-corrected chi connectivity index (χ4v) is 2.32. The van der Waals surface area contributed by atoms with Gasteiger partial charge in [0, 0.05) is 13.7 Å². The molecule has 3 N–H and O–H groups in total. The predicted octanol–water partition coefficient (Wildman–Crippen LogP) is 3.02. The van der Waals surface area contributed by atoms with Crippen molar-refractivity contribution in [3.05, 3.63) is 59.7 Å². The normalized spacial score (nSPS) is 10.7. The lowest BCUT2D eigenvalue weighted by Gasteiger charge is -2.11. The van der Waals surface area contributed by atoms with Crippen LogP contribution in [-0.4, -0.2) is 26.8 Å². The summed E-state index contributed by atoms with van der Waals surface area (Å²) < 4.78 is 10.8. The van der Waals surface area contributed by atoms with Crippen LogP contribution in [0.1, 0.15) is 17.5 Å². The summed E-state index contributed by atoms with van der Waals surface area (Å²) in [5.41, 5.74) is 9.14. The lowest BCUT2D eigenvalue weighted by molar-refractivity contribution is 0.194. The topological polar surface area (TPSA) is 56.5 Å². The molecule has 0 saturated heterocycles. The summed E-state index contributed by atoms with van der Waals surface area (Å²) in [6.07, 6.45) is 1.99. The maximum Gasteiger partial charge on any atom is 0.142 e. The Hall–Kier alpha value is -2.04. The first-order valence-corrected chi connectivity index (χ1v) is 8.04. The Labute approximate surface area is 138 Å². The lowest BCUT2D eigenvalue weighted by Crippen LogP contribution is -2.19. The molecule has 2 aromatic carbocycles. The highest BCUT2D eigenvalue weighted by Crippen LogP contribution is 2.23. The van der Waals surface area contributed by atoms with Crippen molar-refractivity contribution < 1.29 is 9.47 Å². The van der Waals surface area contributed by atoms with E-state index in [4.69, 9.17) is 15.2 Å². The molecule has 0 amide bonds. The first-order chi connectivity index (χ1) is 11.3. The van der Waals surface area contributed by atoms with Gasteiger partial charge >= 0.3 is 0 Å². The number of nitrogens with one attached hydrogen (secondary N) is 1. The Balaban J connectivity index is 1.76. The van der Waals surface area contributed by atoms with Gasteiger partial charge in [-0.15, -0.1) is 0 Å². The van der Waals surface area contributed by atoms with Crippen LogP contribution in [0.3, 0.4) is 0 Å². The zero-order valence-electron chi connectivity index (χ0n) is 13.8. The number of rotatable bonds is 10. The minimum absolute atomic E-state index is 0.533. The fraction of sp³-hybridized carbons (Fsp3) is 0.368. The third-order valence-electron chi connectivity index (χ3n) is 3.60. The quantitative estimate of drug-likeness (QED) is 0.523. The van der Waals surface area contributed by atoms with Crippen LogP contribution in [0.4, 0.5) is 5.69 Å². The number of ether oxygens (including phenoxy) is 2. The largest absolute Gasteiger partial charge is 0.487 e. The molecule has 23 heavy (non-hydrogen) atoms. The number of anilines is 1. The third-order valence-corrected chi connectivity index (χ3v) is 3.60. The Morgan fingerprint density at radius 3 is 2.57 bits per heavy atom. The van der Waals surface area contributed by atoms with Gasteiger partial charge in [0.1, 0.15) is 12.4 Å². The van der Waals surface area contributed by atoms with E-state index >= 15 is 0 Å². The summed E-state index contributed by atoms with van der Waals surface area (Å²) in [5, 5.41) is 3.40. The molecule has 2 aromatic rings. The predicted molar refractivity (Wildman–Crippen MR) is 94.7 cm³/mol. The molecule has 0 saturated carbocycles. The van der Waals surface area contributed by atoms with Crippen LogP contribution in [0.2, 0.25) is 0 Å². The number of nitrogen functional groups attached to an aromatic ring is 1. The van der Waals surface area contributed by atoms with Crippen molar-refractivity contribution in [2.45, 2.75) is 19.4 Å². The van der Waals surface area contributed by atoms with Crippen LogP contribution in [0, 0.1) is 0 Å². The van der Waals surface area contributed by atoms with Crippen LogP contribution in [0.25, 0.3) is 0 Å². The van der Waals surface area contributed by atoms with Crippen LogP contribution >= 0.6 is 0 Å². The molecule has 0 aliphatic heterocycles. The van der Waals surface area contributed by atoms with Gasteiger partial charge in [0.15, 0.2) is 0 Å². The molecule has 0 fully saturated rings. The average molecular weight is 314 g/mol. The van der Waals surface area contributed by atoms with Crippen molar-refractivity contribution in [2.24, 2.45) is 0 Å². The van der Waals surface area contributed by atoms with Gasteiger partial charge in [-0.3, -0.25) is 0 Å². The van der Waals surface area contributed by atoms with Crippen molar-refractivity contribution in [1.82, 2.24) is 5.32 Å². The molecule has 0 bridgehead atoms. The van der Waals surface area contributed by atoms with Gasteiger partial charge in [-0.05, 0) is 49.2 Å². The van der Waals surface area contributed by atoms with Crippen molar-refractivity contribution >= 4 is 5.69 Å². The van der Waals surface area contributed by atoms with Gasteiger partial charge in [-0.2, -0.15) is 0 Å². The van der Waals surface area contributed by atoms with E-state index in [1.807, 2.05) is 42.5 Å². The Bertz CT molecular complexity index is 573. The molecule has 4 heteroatoms. The van der Waals surface area contributed by atoms with E-state index in [-0.39, 0.29) is 0 Å². The Kier molecular flexibility index (Phi) is 7.43. The highest BCUT2D eigenvalue weighted by atomic mass is 16.5. The number of nitrogens with two attached hydrogens (primary N) is 1. The highest BCUT2D eigenvalue weighted by molar-refractivity contribution is 5.54. The second-order valence-corrected chi connectivity index (χ2v) is 5.49. The van der Waals surface area contributed by atoms with E-state index < -0.39 is 0 Å². The van der Waals surface area contributed by atoms with Crippen molar-refractivity contribution in [3.8, 4) is 5.75 Å². The number of hydrogen-bond acceptors (Lipinski definition) is 4. The van der Waals surface area contributed by atoms with Crippen LogP contribution < -0.4 is 15.8 Å². The van der Waals surface area contributed by atoms with Gasteiger partial charge in [-0.25, -0.2) is 0 Å². The number of methoxy groups -OCH3 is 1. The molecule has 0 aliphatic rings. The highest BCUT2D eigenvalue weighted by Gasteiger charge is 2.03. The van der Waals surface area contributed by atoms with Crippen molar-refractivity contribution in [1.29, 1.82) is 0 Å². The lowest BCUT2D eigenvalue weighted by atomic mass is 10.1. The monoisotopic (exact) mass is 314 g/mol. The maximum atomic E-state index is 6.09. The molecular formula is C19H26N2O2. The molecule has 124 valence electrons. The molecular weight excluding hydrogens is 288 g/mol. The van der Waals surface area contributed by atoms with Gasteiger partial charge in [-0.1, -0.05) is 36.4 Å². The second-order valence-electron chi connectivity index (χ2n) is 5.49. The Morgan fingerprint density at radius 2 is 1.83 bits per heavy atom. The van der Waals surface area contributed by atoms with E-state index in [2.05, 4.69) is 11.4 Å². The van der Waals surface area contributed by atoms with E-state index in [0.717, 1.165) is 43.9 Å². The van der Waals surface area contributed by atoms with Crippen LogP contribution in [-0.2, 0) is 17.8 Å². The van der Waals surface area contributed by atoms with Gasteiger partial charge in [0.25, 0.3) is 0 Å². The molecule has 0 heterocycles. The average Bonchev–Trinajstić information content (AvgIpc) is 2.58. The third kappa shape index (κ3) is 6.30. The maximum absolute atomic E-state index is 6.09. The summed E-state index contributed by atoms with van der Waals surface area (Å²) in [6, 6.07) is 16.1. The Morgan fingerprint density at radius 1 is 1.00 bits per heavy atom. The SMILES string of the molecule is COCCCNCCc1ccc(OCc2ccccc2)c(N)c1. The molecule has 0 radical (unpaired) electrons. The fourth-order valence-electron chi connectivity index (χ4n) is 2.32. The van der Waals surface area contributed by atoms with Crippen molar-refractivity contribution in [2.75, 3.05) is 32.5 Å². The molecule has 0 unspecified atom stereocenters. The molecule has 4 nitrogen and oxygen atoms in total. The minimum atomic E-state index is 0.533. The van der Waals surface area contributed by atoms with E-state index in [0.29, 0.717) is 12.3 Å². The van der Waals surface area contributed by atoms with Crippen molar-refractivity contribution in [3.63, 3.8) is 0 Å². The molecule has 0 spiro atoms. The zero-order valence-corrected chi connectivity index (χ0v) is 13.8. The van der Waals surface area contributed by atoms with E-state index in [1.165, 1.54) is 5.56 Å². The molecule has 0 atom stereocenters.